The lowest BCUT2D eigenvalue weighted by molar-refractivity contribution is 0.0108. The van der Waals surface area contributed by atoms with Crippen molar-refractivity contribution in [1.82, 2.24) is 4.31 Å². The molecule has 0 unspecified atom stereocenters. The maximum absolute atomic E-state index is 13.2. The number of rotatable bonds is 3. The van der Waals surface area contributed by atoms with E-state index in [9.17, 15) is 8.42 Å². The highest BCUT2D eigenvalue weighted by Gasteiger charge is 2.68. The van der Waals surface area contributed by atoms with Crippen LogP contribution in [-0.2, 0) is 21.3 Å². The molecule has 5 heteroatoms. The second-order valence-corrected chi connectivity index (χ2v) is 10.6. The molecule has 5 rings (SSSR count). The van der Waals surface area contributed by atoms with Crippen molar-refractivity contribution in [3.8, 4) is 0 Å². The van der Waals surface area contributed by atoms with E-state index in [4.69, 9.17) is 4.74 Å². The summed E-state index contributed by atoms with van der Waals surface area (Å²) in [6.45, 7) is 5.15. The number of fused-ring (bicyclic) bond motifs is 1. The molecule has 1 spiro atoms. The van der Waals surface area contributed by atoms with Gasteiger partial charge in [0.1, 0.15) is 10.9 Å². The first-order valence-corrected chi connectivity index (χ1v) is 11.2. The molecule has 3 heterocycles. The number of aryl methyl sites for hydroxylation is 2. The van der Waals surface area contributed by atoms with E-state index in [1.807, 2.05) is 30.3 Å². The Kier molecular flexibility index (Phi) is 3.81. The van der Waals surface area contributed by atoms with Gasteiger partial charge in [0.05, 0.1) is 6.10 Å². The first-order chi connectivity index (χ1) is 12.9. The molecule has 2 aromatic rings. The van der Waals surface area contributed by atoms with E-state index in [2.05, 4.69) is 32.0 Å². The van der Waals surface area contributed by atoms with Gasteiger partial charge in [0.15, 0.2) is 0 Å². The van der Waals surface area contributed by atoms with E-state index in [-0.39, 0.29) is 11.4 Å². The fourth-order valence-corrected chi connectivity index (χ4v) is 7.72. The number of sulfonamides is 1. The van der Waals surface area contributed by atoms with Crippen molar-refractivity contribution in [2.45, 2.75) is 56.1 Å². The van der Waals surface area contributed by atoms with Crippen LogP contribution in [0.4, 0.5) is 0 Å². The minimum atomic E-state index is -3.32. The van der Waals surface area contributed by atoms with Crippen molar-refractivity contribution in [3.63, 3.8) is 0 Å². The Bertz CT molecular complexity index is 968. The van der Waals surface area contributed by atoms with Gasteiger partial charge in [-0.3, -0.25) is 0 Å². The van der Waals surface area contributed by atoms with Crippen LogP contribution in [0.2, 0.25) is 0 Å². The number of benzene rings is 2. The van der Waals surface area contributed by atoms with E-state index in [1.165, 1.54) is 16.7 Å². The van der Waals surface area contributed by atoms with Crippen molar-refractivity contribution >= 4 is 10.0 Å². The smallest absolute Gasteiger partial charge is 0.220 e. The summed E-state index contributed by atoms with van der Waals surface area (Å²) in [6.07, 6.45) is 1.44. The van der Waals surface area contributed by atoms with Gasteiger partial charge in [0, 0.05) is 19.0 Å². The minimum Gasteiger partial charge on any atom is -0.368 e. The molecular formula is C22H25NO3S. The monoisotopic (exact) mass is 383 g/mol. The van der Waals surface area contributed by atoms with Crippen LogP contribution in [0.3, 0.4) is 0 Å². The lowest BCUT2D eigenvalue weighted by Gasteiger charge is -2.26. The molecule has 27 heavy (non-hydrogen) atoms. The molecule has 3 fully saturated rings. The summed E-state index contributed by atoms with van der Waals surface area (Å²) in [7, 11) is -3.32. The van der Waals surface area contributed by atoms with Gasteiger partial charge in [0.25, 0.3) is 0 Å². The average Bonchev–Trinajstić information content (AvgIpc) is 3.22. The molecule has 0 aromatic heterocycles. The van der Waals surface area contributed by atoms with Crippen LogP contribution >= 0.6 is 0 Å². The fourth-order valence-electron chi connectivity index (χ4n) is 5.44. The number of ether oxygens (including phenoxy) is 1. The first-order valence-electron chi connectivity index (χ1n) is 9.66. The quantitative estimate of drug-likeness (QED) is 0.815. The number of nitrogens with zero attached hydrogens (tertiary/aromatic N) is 1. The lowest BCUT2D eigenvalue weighted by Crippen LogP contribution is -2.39. The highest BCUT2D eigenvalue weighted by molar-refractivity contribution is 7.90. The molecule has 0 aliphatic carbocycles. The van der Waals surface area contributed by atoms with Gasteiger partial charge in [-0.1, -0.05) is 59.7 Å². The molecule has 0 N–H and O–H groups in total. The Hall–Kier alpha value is -1.69. The van der Waals surface area contributed by atoms with E-state index < -0.39 is 15.6 Å². The number of hydrogen-bond acceptors (Lipinski definition) is 3. The van der Waals surface area contributed by atoms with Crippen molar-refractivity contribution in [3.05, 3.63) is 70.8 Å². The summed E-state index contributed by atoms with van der Waals surface area (Å²) in [5.41, 5.74) is 4.29. The summed E-state index contributed by atoms with van der Waals surface area (Å²) in [5.74, 6) is 0.298. The molecule has 4 nitrogen and oxygen atoms in total. The van der Waals surface area contributed by atoms with Crippen molar-refractivity contribution < 1.29 is 13.2 Å². The predicted molar refractivity (Wildman–Crippen MR) is 105 cm³/mol. The molecule has 0 saturated carbocycles. The third-order valence-electron chi connectivity index (χ3n) is 6.47. The second-order valence-electron chi connectivity index (χ2n) is 8.48. The molecule has 0 radical (unpaired) electrons. The molecule has 3 saturated heterocycles. The Balaban J connectivity index is 1.43. The molecule has 3 aliphatic heterocycles. The highest BCUT2D eigenvalue weighted by Crippen LogP contribution is 2.57. The van der Waals surface area contributed by atoms with Gasteiger partial charge in [-0.25, -0.2) is 8.42 Å². The first kappa shape index (κ1) is 17.4. The summed E-state index contributed by atoms with van der Waals surface area (Å²) in [6, 6.07) is 16.5. The number of hydrogen-bond donors (Lipinski definition) is 0. The highest BCUT2D eigenvalue weighted by atomic mass is 32.2. The molecular weight excluding hydrogens is 358 g/mol. The van der Waals surface area contributed by atoms with E-state index >= 15 is 0 Å². The zero-order valence-electron chi connectivity index (χ0n) is 15.8. The fraction of sp³-hybridized carbons (Fsp3) is 0.455. The summed E-state index contributed by atoms with van der Waals surface area (Å²) in [4.78, 5) is 0. The van der Waals surface area contributed by atoms with Crippen LogP contribution in [0.15, 0.2) is 48.5 Å². The van der Waals surface area contributed by atoms with Gasteiger partial charge in [-0.2, -0.15) is 4.31 Å². The standard InChI is InChI=1S/C22H25NO3S/c1-15-8-16(2)10-18(9-15)19-12-22-14-23(13-17-6-4-3-5-7-17)27(24,25)21(22)11-20(19)26-22/h3-10,19-21H,11-14H2,1-2H3/t19-,20-,21+,22+/m1/s1. The predicted octanol–water partition coefficient (Wildman–Crippen LogP) is 3.53. The van der Waals surface area contributed by atoms with Crippen molar-refractivity contribution in [2.75, 3.05) is 6.54 Å². The van der Waals surface area contributed by atoms with Gasteiger partial charge in [-0.15, -0.1) is 0 Å². The maximum Gasteiger partial charge on any atom is 0.220 e. The summed E-state index contributed by atoms with van der Waals surface area (Å²) in [5, 5.41) is -0.388. The molecule has 3 aliphatic rings. The lowest BCUT2D eigenvalue weighted by atomic mass is 9.77. The van der Waals surface area contributed by atoms with E-state index in [1.54, 1.807) is 4.31 Å². The zero-order chi connectivity index (χ0) is 18.8. The molecule has 2 aromatic carbocycles. The molecule has 0 amide bonds. The van der Waals surface area contributed by atoms with Crippen molar-refractivity contribution in [1.29, 1.82) is 0 Å². The largest absolute Gasteiger partial charge is 0.368 e. The Morgan fingerprint density at radius 3 is 2.52 bits per heavy atom. The maximum atomic E-state index is 13.2. The summed E-state index contributed by atoms with van der Waals surface area (Å²) >= 11 is 0. The Morgan fingerprint density at radius 1 is 1.11 bits per heavy atom. The molecule has 142 valence electrons. The topological polar surface area (TPSA) is 46.6 Å². The molecule has 4 atom stereocenters. The van der Waals surface area contributed by atoms with Gasteiger partial charge < -0.3 is 4.74 Å². The van der Waals surface area contributed by atoms with Gasteiger partial charge in [-0.05, 0) is 37.8 Å². The van der Waals surface area contributed by atoms with Crippen LogP contribution in [-0.4, -0.2) is 36.2 Å². The Morgan fingerprint density at radius 2 is 1.81 bits per heavy atom. The van der Waals surface area contributed by atoms with Crippen LogP contribution in [0.5, 0.6) is 0 Å². The van der Waals surface area contributed by atoms with Gasteiger partial charge >= 0.3 is 0 Å². The van der Waals surface area contributed by atoms with E-state index in [0.717, 1.165) is 12.0 Å². The normalized spacial score (nSPS) is 34.1. The third-order valence-corrected chi connectivity index (χ3v) is 8.79. The minimum absolute atomic E-state index is 0.0184. The van der Waals surface area contributed by atoms with Gasteiger partial charge in [0.2, 0.25) is 10.0 Å². The average molecular weight is 384 g/mol. The summed E-state index contributed by atoms with van der Waals surface area (Å²) < 4.78 is 34.4. The van der Waals surface area contributed by atoms with Crippen LogP contribution in [0, 0.1) is 13.8 Å². The van der Waals surface area contributed by atoms with Crippen LogP contribution in [0.25, 0.3) is 0 Å². The van der Waals surface area contributed by atoms with E-state index in [0.29, 0.717) is 25.4 Å². The third kappa shape index (κ3) is 2.67. The van der Waals surface area contributed by atoms with Crippen LogP contribution in [0.1, 0.15) is 41.0 Å². The SMILES string of the molecule is Cc1cc(C)cc([C@H]2C[C@]34CN(Cc5ccccc5)S(=O)(=O)[C@H]3C[C@H]2O4)c1. The zero-order valence-corrected chi connectivity index (χ0v) is 16.6. The second kappa shape index (κ2) is 5.90. The molecule has 2 bridgehead atoms. The van der Waals surface area contributed by atoms with Crippen molar-refractivity contribution in [2.24, 2.45) is 0 Å². The Labute approximate surface area is 161 Å². The van der Waals surface area contributed by atoms with Crippen LogP contribution < -0.4 is 0 Å².